The van der Waals surface area contributed by atoms with Crippen LogP contribution in [0.1, 0.15) is 12.0 Å². The molecule has 1 aliphatic rings. The lowest BCUT2D eigenvalue weighted by Gasteiger charge is -2.27. The van der Waals surface area contributed by atoms with Crippen LogP contribution < -0.4 is 15.5 Å². The van der Waals surface area contributed by atoms with Crippen molar-refractivity contribution in [3.63, 3.8) is 0 Å². The number of rotatable bonds is 4. The van der Waals surface area contributed by atoms with Crippen LogP contribution in [0.25, 0.3) is 0 Å². The van der Waals surface area contributed by atoms with Gasteiger partial charge in [-0.2, -0.15) is 0 Å². The first-order valence-corrected chi connectivity index (χ1v) is 7.72. The molecule has 3 rings (SSSR count). The Hall–Kier alpha value is -3.09. The standard InChI is InChI=1S/C17H18N4O3/c1-12-6-7-15(16(10-12)21(23)24)19-13-4-2-5-14(11-13)20-9-3-8-18-17(20)22/h2,4-7,10-11,19H,3,8-9H2,1H3,(H,18,22). The van der Waals surface area contributed by atoms with Gasteiger partial charge in [-0.3, -0.25) is 15.0 Å². The third-order valence-corrected chi connectivity index (χ3v) is 3.87. The topological polar surface area (TPSA) is 87.5 Å². The summed E-state index contributed by atoms with van der Waals surface area (Å²) >= 11 is 0. The molecule has 24 heavy (non-hydrogen) atoms. The molecule has 0 aliphatic carbocycles. The van der Waals surface area contributed by atoms with Gasteiger partial charge in [0.25, 0.3) is 5.69 Å². The quantitative estimate of drug-likeness (QED) is 0.664. The number of benzene rings is 2. The monoisotopic (exact) mass is 326 g/mol. The number of nitrogens with zero attached hydrogens (tertiary/aromatic N) is 2. The Bertz CT molecular complexity index is 791. The first-order valence-electron chi connectivity index (χ1n) is 7.72. The van der Waals surface area contributed by atoms with Gasteiger partial charge in [-0.25, -0.2) is 4.79 Å². The Morgan fingerprint density at radius 3 is 2.83 bits per heavy atom. The highest BCUT2D eigenvalue weighted by molar-refractivity contribution is 5.93. The van der Waals surface area contributed by atoms with Gasteiger partial charge >= 0.3 is 6.03 Å². The smallest absolute Gasteiger partial charge is 0.321 e. The van der Waals surface area contributed by atoms with E-state index in [9.17, 15) is 14.9 Å². The zero-order valence-electron chi connectivity index (χ0n) is 13.3. The van der Waals surface area contributed by atoms with E-state index in [0.717, 1.165) is 17.7 Å². The summed E-state index contributed by atoms with van der Waals surface area (Å²) in [7, 11) is 0. The van der Waals surface area contributed by atoms with Crippen LogP contribution in [0.15, 0.2) is 42.5 Å². The van der Waals surface area contributed by atoms with E-state index in [4.69, 9.17) is 0 Å². The number of amides is 2. The molecule has 0 spiro atoms. The summed E-state index contributed by atoms with van der Waals surface area (Å²) in [5.74, 6) is 0. The average Bonchev–Trinajstić information content (AvgIpc) is 2.57. The van der Waals surface area contributed by atoms with Crippen LogP contribution in [0, 0.1) is 17.0 Å². The van der Waals surface area contributed by atoms with Gasteiger partial charge in [0.2, 0.25) is 0 Å². The van der Waals surface area contributed by atoms with Gasteiger partial charge in [0, 0.05) is 30.5 Å². The molecule has 1 fully saturated rings. The Labute approximate surface area is 139 Å². The maximum Gasteiger partial charge on any atom is 0.321 e. The number of nitro benzene ring substituents is 1. The molecule has 1 aliphatic heterocycles. The maximum atomic E-state index is 12.0. The predicted octanol–water partition coefficient (Wildman–Crippen LogP) is 3.57. The molecular formula is C17H18N4O3. The molecule has 2 N–H and O–H groups in total. The summed E-state index contributed by atoms with van der Waals surface area (Å²) in [6, 6.07) is 12.2. The second-order valence-corrected chi connectivity index (χ2v) is 5.69. The number of nitrogens with one attached hydrogen (secondary N) is 2. The number of carbonyl (C=O) groups excluding carboxylic acids is 1. The van der Waals surface area contributed by atoms with Crippen molar-refractivity contribution < 1.29 is 9.72 Å². The molecule has 2 amide bonds. The van der Waals surface area contributed by atoms with Crippen molar-refractivity contribution >= 4 is 28.8 Å². The molecule has 1 heterocycles. The fraction of sp³-hybridized carbons (Fsp3) is 0.235. The third kappa shape index (κ3) is 3.29. The normalized spacial score (nSPS) is 14.2. The molecule has 0 unspecified atom stereocenters. The molecule has 2 aromatic rings. The summed E-state index contributed by atoms with van der Waals surface area (Å²) in [5.41, 5.74) is 2.72. The van der Waals surface area contributed by atoms with Gasteiger partial charge in [-0.1, -0.05) is 12.1 Å². The van der Waals surface area contributed by atoms with Crippen molar-refractivity contribution in [1.29, 1.82) is 0 Å². The van der Waals surface area contributed by atoms with E-state index in [1.54, 1.807) is 11.0 Å². The van der Waals surface area contributed by atoms with E-state index in [2.05, 4.69) is 10.6 Å². The fourth-order valence-corrected chi connectivity index (χ4v) is 2.68. The van der Waals surface area contributed by atoms with Crippen molar-refractivity contribution in [3.05, 3.63) is 58.1 Å². The lowest BCUT2D eigenvalue weighted by Crippen LogP contribution is -2.46. The van der Waals surface area contributed by atoms with Gasteiger partial charge in [0.15, 0.2) is 0 Å². The largest absolute Gasteiger partial charge is 0.350 e. The predicted molar refractivity (Wildman–Crippen MR) is 92.9 cm³/mol. The second kappa shape index (κ2) is 6.57. The summed E-state index contributed by atoms with van der Waals surface area (Å²) < 4.78 is 0. The van der Waals surface area contributed by atoms with Gasteiger partial charge in [-0.05, 0) is 43.2 Å². The highest BCUT2D eigenvalue weighted by Crippen LogP contribution is 2.30. The fourth-order valence-electron chi connectivity index (χ4n) is 2.68. The number of hydrogen-bond acceptors (Lipinski definition) is 4. The average molecular weight is 326 g/mol. The third-order valence-electron chi connectivity index (χ3n) is 3.87. The minimum atomic E-state index is -0.405. The summed E-state index contributed by atoms with van der Waals surface area (Å²) in [5, 5.41) is 17.1. The molecule has 0 aromatic heterocycles. The molecule has 1 saturated heterocycles. The Morgan fingerprint density at radius 1 is 1.25 bits per heavy atom. The van der Waals surface area contributed by atoms with Crippen LogP contribution in [-0.4, -0.2) is 24.0 Å². The minimum Gasteiger partial charge on any atom is -0.350 e. The lowest BCUT2D eigenvalue weighted by molar-refractivity contribution is -0.384. The second-order valence-electron chi connectivity index (χ2n) is 5.69. The van der Waals surface area contributed by atoms with Gasteiger partial charge < -0.3 is 10.6 Å². The number of aryl methyl sites for hydroxylation is 1. The van der Waals surface area contributed by atoms with Crippen molar-refractivity contribution in [2.24, 2.45) is 0 Å². The minimum absolute atomic E-state index is 0.0242. The molecule has 0 atom stereocenters. The summed E-state index contributed by atoms with van der Waals surface area (Å²) in [6.45, 7) is 3.15. The van der Waals surface area contributed by atoms with Crippen LogP contribution in [0.3, 0.4) is 0 Å². The number of carbonyl (C=O) groups is 1. The van der Waals surface area contributed by atoms with E-state index in [1.165, 1.54) is 6.07 Å². The molecule has 0 radical (unpaired) electrons. The van der Waals surface area contributed by atoms with Crippen LogP contribution in [0.4, 0.5) is 27.5 Å². The van der Waals surface area contributed by atoms with E-state index >= 15 is 0 Å². The van der Waals surface area contributed by atoms with Gasteiger partial charge in [0.1, 0.15) is 5.69 Å². The maximum absolute atomic E-state index is 12.0. The van der Waals surface area contributed by atoms with Crippen LogP contribution in [0.2, 0.25) is 0 Å². The first-order chi connectivity index (χ1) is 11.5. The number of hydrogen-bond donors (Lipinski definition) is 2. The molecule has 7 nitrogen and oxygen atoms in total. The number of urea groups is 1. The Kier molecular flexibility index (Phi) is 4.33. The van der Waals surface area contributed by atoms with Crippen LogP contribution in [0.5, 0.6) is 0 Å². The van der Waals surface area contributed by atoms with Crippen molar-refractivity contribution in [1.82, 2.24) is 5.32 Å². The molecular weight excluding hydrogens is 308 g/mol. The Morgan fingerprint density at radius 2 is 2.08 bits per heavy atom. The van der Waals surface area contributed by atoms with Crippen molar-refractivity contribution in [2.75, 3.05) is 23.3 Å². The summed E-state index contributed by atoms with van der Waals surface area (Å²) in [6.07, 6.45) is 0.882. The van der Waals surface area contributed by atoms with Crippen molar-refractivity contribution in [2.45, 2.75) is 13.3 Å². The molecule has 124 valence electrons. The Balaban J connectivity index is 1.88. The SMILES string of the molecule is Cc1ccc(Nc2cccc(N3CCCNC3=O)c2)c([N+](=O)[O-])c1. The van der Waals surface area contributed by atoms with Crippen LogP contribution in [-0.2, 0) is 0 Å². The highest BCUT2D eigenvalue weighted by Gasteiger charge is 2.20. The zero-order chi connectivity index (χ0) is 17.1. The summed E-state index contributed by atoms with van der Waals surface area (Å²) in [4.78, 5) is 24.4. The molecule has 0 saturated carbocycles. The van der Waals surface area contributed by atoms with Crippen molar-refractivity contribution in [3.8, 4) is 0 Å². The highest BCUT2D eigenvalue weighted by atomic mass is 16.6. The lowest BCUT2D eigenvalue weighted by atomic mass is 10.1. The number of anilines is 3. The van der Waals surface area contributed by atoms with E-state index < -0.39 is 4.92 Å². The van der Waals surface area contributed by atoms with E-state index in [-0.39, 0.29) is 11.7 Å². The van der Waals surface area contributed by atoms with E-state index in [0.29, 0.717) is 24.5 Å². The zero-order valence-corrected chi connectivity index (χ0v) is 13.3. The first kappa shape index (κ1) is 15.8. The van der Waals surface area contributed by atoms with Gasteiger partial charge in [-0.15, -0.1) is 0 Å². The number of nitro groups is 1. The van der Waals surface area contributed by atoms with E-state index in [1.807, 2.05) is 37.3 Å². The molecule has 7 heteroatoms. The van der Waals surface area contributed by atoms with Crippen LogP contribution >= 0.6 is 0 Å². The van der Waals surface area contributed by atoms with Gasteiger partial charge in [0.05, 0.1) is 4.92 Å². The molecule has 0 bridgehead atoms. The molecule has 2 aromatic carbocycles.